The Morgan fingerprint density at radius 2 is 2.12 bits per heavy atom. The van der Waals surface area contributed by atoms with E-state index in [9.17, 15) is 0 Å². The minimum absolute atomic E-state index is 0.453. The molecule has 0 saturated carbocycles. The molecular formula is C12H19ClN4. The highest BCUT2D eigenvalue weighted by atomic mass is 35.5. The van der Waals surface area contributed by atoms with Crippen LogP contribution in [0.2, 0.25) is 5.15 Å². The molecular weight excluding hydrogens is 236 g/mol. The number of hydrogen-bond acceptors (Lipinski definition) is 4. The number of aromatic nitrogens is 2. The van der Waals surface area contributed by atoms with Gasteiger partial charge in [-0.2, -0.15) is 0 Å². The lowest BCUT2D eigenvalue weighted by molar-refractivity contribution is 0.249. The van der Waals surface area contributed by atoms with Gasteiger partial charge in [-0.1, -0.05) is 18.5 Å². The van der Waals surface area contributed by atoms with E-state index < -0.39 is 0 Å². The molecule has 0 spiro atoms. The average molecular weight is 255 g/mol. The number of likely N-dealkylation sites (tertiary alicyclic amines) is 1. The summed E-state index contributed by atoms with van der Waals surface area (Å²) < 4.78 is 0. The summed E-state index contributed by atoms with van der Waals surface area (Å²) in [6, 6.07) is 0.634. The van der Waals surface area contributed by atoms with Gasteiger partial charge >= 0.3 is 0 Å². The van der Waals surface area contributed by atoms with Crippen molar-refractivity contribution < 1.29 is 0 Å². The molecule has 0 bridgehead atoms. The van der Waals surface area contributed by atoms with E-state index in [0.717, 1.165) is 25.3 Å². The average Bonchev–Trinajstić information content (AvgIpc) is 2.63. The molecule has 0 N–H and O–H groups in total. The van der Waals surface area contributed by atoms with Gasteiger partial charge in [0.2, 0.25) is 0 Å². The Morgan fingerprint density at radius 1 is 1.35 bits per heavy atom. The van der Waals surface area contributed by atoms with Crippen molar-refractivity contribution in [1.29, 1.82) is 0 Å². The number of hydrogen-bond donors (Lipinski definition) is 0. The third-order valence-corrected chi connectivity index (χ3v) is 3.57. The van der Waals surface area contributed by atoms with Gasteiger partial charge in [-0.25, -0.2) is 4.98 Å². The Morgan fingerprint density at radius 3 is 2.65 bits per heavy atom. The van der Waals surface area contributed by atoms with E-state index >= 15 is 0 Å². The van der Waals surface area contributed by atoms with Crippen molar-refractivity contribution in [3.8, 4) is 0 Å². The summed E-state index contributed by atoms with van der Waals surface area (Å²) in [7, 11) is 4.29. The summed E-state index contributed by atoms with van der Waals surface area (Å²) in [4.78, 5) is 13.1. The summed E-state index contributed by atoms with van der Waals surface area (Å²) in [6.07, 6.45) is 3.37. The summed E-state index contributed by atoms with van der Waals surface area (Å²) >= 11 is 5.72. The minimum atomic E-state index is 0.453. The Balaban J connectivity index is 1.95. The maximum Gasteiger partial charge on any atom is 0.147 e. The van der Waals surface area contributed by atoms with Crippen molar-refractivity contribution in [2.24, 2.45) is 5.92 Å². The predicted molar refractivity (Wildman–Crippen MR) is 69.0 cm³/mol. The van der Waals surface area contributed by atoms with Crippen LogP contribution in [-0.4, -0.2) is 53.0 Å². The molecule has 1 fully saturated rings. The molecule has 5 heteroatoms. The molecule has 2 rings (SSSR count). The molecule has 2 atom stereocenters. The Hall–Kier alpha value is -0.710. The Kier molecular flexibility index (Phi) is 3.97. The van der Waals surface area contributed by atoms with Gasteiger partial charge in [0.05, 0.1) is 18.1 Å². The fourth-order valence-corrected chi connectivity index (χ4v) is 2.60. The SMILES string of the molecule is CC1CN(Cc2cnc(Cl)cn2)CC1N(C)C. The highest BCUT2D eigenvalue weighted by Crippen LogP contribution is 2.21. The molecule has 17 heavy (non-hydrogen) atoms. The van der Waals surface area contributed by atoms with E-state index in [-0.39, 0.29) is 0 Å². The van der Waals surface area contributed by atoms with E-state index in [1.807, 2.05) is 0 Å². The third-order valence-electron chi connectivity index (χ3n) is 3.37. The normalized spacial score (nSPS) is 25.7. The Labute approximate surface area is 108 Å². The summed E-state index contributed by atoms with van der Waals surface area (Å²) in [5, 5.41) is 0.453. The van der Waals surface area contributed by atoms with Crippen LogP contribution in [0.25, 0.3) is 0 Å². The van der Waals surface area contributed by atoms with Crippen molar-refractivity contribution in [2.45, 2.75) is 19.5 Å². The first kappa shape index (κ1) is 12.7. The second kappa shape index (κ2) is 5.29. The van der Waals surface area contributed by atoms with E-state index in [0.29, 0.717) is 17.1 Å². The number of nitrogens with zero attached hydrogens (tertiary/aromatic N) is 4. The van der Waals surface area contributed by atoms with Gasteiger partial charge in [-0.05, 0) is 20.0 Å². The van der Waals surface area contributed by atoms with Crippen LogP contribution in [0.3, 0.4) is 0 Å². The molecule has 1 saturated heterocycles. The van der Waals surface area contributed by atoms with Crippen LogP contribution in [0.5, 0.6) is 0 Å². The minimum Gasteiger partial charge on any atom is -0.305 e. The molecule has 2 heterocycles. The molecule has 1 aliphatic heterocycles. The van der Waals surface area contributed by atoms with Crippen LogP contribution in [-0.2, 0) is 6.54 Å². The van der Waals surface area contributed by atoms with E-state index in [1.54, 1.807) is 12.4 Å². The molecule has 0 amide bonds. The lowest BCUT2D eigenvalue weighted by atomic mass is 10.1. The van der Waals surface area contributed by atoms with Crippen molar-refractivity contribution in [3.63, 3.8) is 0 Å². The number of rotatable bonds is 3. The highest BCUT2D eigenvalue weighted by Gasteiger charge is 2.30. The van der Waals surface area contributed by atoms with Crippen LogP contribution in [0.4, 0.5) is 0 Å². The molecule has 2 unspecified atom stereocenters. The molecule has 1 aromatic rings. The monoisotopic (exact) mass is 254 g/mol. The first-order chi connectivity index (χ1) is 8.06. The molecule has 0 radical (unpaired) electrons. The van der Waals surface area contributed by atoms with Crippen LogP contribution in [0.15, 0.2) is 12.4 Å². The zero-order valence-corrected chi connectivity index (χ0v) is 11.4. The predicted octanol–water partition coefficient (Wildman–Crippen LogP) is 1.51. The van der Waals surface area contributed by atoms with Crippen molar-refractivity contribution >= 4 is 11.6 Å². The summed E-state index contributed by atoms with van der Waals surface area (Å²) in [5.41, 5.74) is 0.987. The van der Waals surface area contributed by atoms with Crippen molar-refractivity contribution in [3.05, 3.63) is 23.2 Å². The lowest BCUT2D eigenvalue weighted by Gasteiger charge is -2.22. The molecule has 1 aromatic heterocycles. The molecule has 1 aliphatic rings. The summed E-state index contributed by atoms with van der Waals surface area (Å²) in [5.74, 6) is 0.699. The fraction of sp³-hybridized carbons (Fsp3) is 0.667. The van der Waals surface area contributed by atoms with Crippen molar-refractivity contribution in [1.82, 2.24) is 19.8 Å². The van der Waals surface area contributed by atoms with Gasteiger partial charge in [0, 0.05) is 25.7 Å². The van der Waals surface area contributed by atoms with Crippen LogP contribution < -0.4 is 0 Å². The van der Waals surface area contributed by atoms with Gasteiger partial charge in [0.25, 0.3) is 0 Å². The van der Waals surface area contributed by atoms with E-state index in [1.165, 1.54) is 0 Å². The van der Waals surface area contributed by atoms with Crippen LogP contribution >= 0.6 is 11.6 Å². The zero-order chi connectivity index (χ0) is 12.4. The number of halogens is 1. The van der Waals surface area contributed by atoms with Gasteiger partial charge in [0.15, 0.2) is 0 Å². The number of likely N-dealkylation sites (N-methyl/N-ethyl adjacent to an activating group) is 1. The van der Waals surface area contributed by atoms with Gasteiger partial charge < -0.3 is 4.90 Å². The van der Waals surface area contributed by atoms with E-state index in [2.05, 4.69) is 40.8 Å². The topological polar surface area (TPSA) is 32.3 Å². The van der Waals surface area contributed by atoms with Crippen LogP contribution in [0.1, 0.15) is 12.6 Å². The molecule has 4 nitrogen and oxygen atoms in total. The van der Waals surface area contributed by atoms with Gasteiger partial charge in [-0.3, -0.25) is 9.88 Å². The lowest BCUT2D eigenvalue weighted by Crippen LogP contribution is -2.34. The quantitative estimate of drug-likeness (QED) is 0.819. The Bertz CT molecular complexity index is 365. The molecule has 94 valence electrons. The van der Waals surface area contributed by atoms with Crippen molar-refractivity contribution in [2.75, 3.05) is 27.2 Å². The largest absolute Gasteiger partial charge is 0.305 e. The second-order valence-corrected chi connectivity index (χ2v) is 5.42. The molecule has 0 aliphatic carbocycles. The van der Waals surface area contributed by atoms with Crippen LogP contribution in [0, 0.1) is 5.92 Å². The van der Waals surface area contributed by atoms with E-state index in [4.69, 9.17) is 11.6 Å². The summed E-state index contributed by atoms with van der Waals surface area (Å²) in [6.45, 7) is 5.38. The zero-order valence-electron chi connectivity index (χ0n) is 10.6. The second-order valence-electron chi connectivity index (χ2n) is 5.03. The standard InChI is InChI=1S/C12H19ClN4/c1-9-6-17(8-11(9)16(2)3)7-10-4-15-12(13)5-14-10/h4-5,9,11H,6-8H2,1-3H3. The molecule has 0 aromatic carbocycles. The highest BCUT2D eigenvalue weighted by molar-refractivity contribution is 6.29. The first-order valence-electron chi connectivity index (χ1n) is 5.91. The third kappa shape index (κ3) is 3.15. The maximum atomic E-state index is 5.72. The van der Waals surface area contributed by atoms with Gasteiger partial charge in [-0.15, -0.1) is 0 Å². The first-order valence-corrected chi connectivity index (χ1v) is 6.29. The fourth-order valence-electron chi connectivity index (χ4n) is 2.50. The van der Waals surface area contributed by atoms with Gasteiger partial charge in [0.1, 0.15) is 5.15 Å². The maximum absolute atomic E-state index is 5.72. The smallest absolute Gasteiger partial charge is 0.147 e.